The molecule has 2 rings (SSSR count). The Kier molecular flexibility index (Phi) is 4.25. The smallest absolute Gasteiger partial charge is 0.139 e. The highest BCUT2D eigenvalue weighted by Gasteiger charge is 2.48. The Bertz CT molecular complexity index is 445. The average Bonchev–Trinajstić information content (AvgIpc) is 2.37. The molecule has 0 amide bonds. The minimum atomic E-state index is -0.708. The molecule has 0 saturated carbocycles. The first-order valence-electron chi connectivity index (χ1n) is 8.15. The Morgan fingerprint density at radius 1 is 1.05 bits per heavy atom. The van der Waals surface area contributed by atoms with Crippen molar-refractivity contribution in [3.8, 4) is 0 Å². The quantitative estimate of drug-likeness (QED) is 0.816. The van der Waals surface area contributed by atoms with Gasteiger partial charge in [0.2, 0.25) is 0 Å². The Morgan fingerprint density at radius 2 is 1.62 bits per heavy atom. The van der Waals surface area contributed by atoms with Crippen LogP contribution in [0.5, 0.6) is 0 Å². The average molecular weight is 290 g/mol. The van der Waals surface area contributed by atoms with Crippen LogP contribution in [-0.2, 0) is 5.60 Å². The highest BCUT2D eigenvalue weighted by atomic mass is 16.3. The van der Waals surface area contributed by atoms with Gasteiger partial charge in [0.1, 0.15) is 12.1 Å². The summed E-state index contributed by atoms with van der Waals surface area (Å²) in [5.74, 6) is 0.519. The molecule has 2 nitrogen and oxygen atoms in total. The van der Waals surface area contributed by atoms with Crippen LogP contribution in [0.2, 0.25) is 0 Å². The van der Waals surface area contributed by atoms with Crippen LogP contribution in [-0.4, -0.2) is 23.7 Å². The van der Waals surface area contributed by atoms with Gasteiger partial charge >= 0.3 is 0 Å². The SMILES string of the molecule is CC(C)(C)[C@H]1C[NH+](C(C)(C)C)C[C@](O)(c2ccccc2)C1. The van der Waals surface area contributed by atoms with Gasteiger partial charge in [0.25, 0.3) is 0 Å². The number of hydrogen-bond donors (Lipinski definition) is 2. The van der Waals surface area contributed by atoms with Crippen molar-refractivity contribution in [3.05, 3.63) is 35.9 Å². The third-order valence-electron chi connectivity index (χ3n) is 5.18. The molecule has 2 heteroatoms. The highest BCUT2D eigenvalue weighted by molar-refractivity contribution is 5.23. The molecule has 0 aliphatic carbocycles. The lowest BCUT2D eigenvalue weighted by Gasteiger charge is -2.49. The molecule has 0 aromatic heterocycles. The molecule has 0 spiro atoms. The number of benzene rings is 1. The van der Waals surface area contributed by atoms with E-state index in [1.165, 1.54) is 4.90 Å². The Labute approximate surface area is 130 Å². The molecular formula is C19H32NO+. The van der Waals surface area contributed by atoms with E-state index in [0.717, 1.165) is 25.1 Å². The van der Waals surface area contributed by atoms with Gasteiger partial charge in [-0.05, 0) is 38.2 Å². The summed E-state index contributed by atoms with van der Waals surface area (Å²) in [7, 11) is 0. The van der Waals surface area contributed by atoms with E-state index in [0.29, 0.717) is 5.92 Å². The summed E-state index contributed by atoms with van der Waals surface area (Å²) in [5, 5.41) is 11.4. The van der Waals surface area contributed by atoms with Crippen LogP contribution in [0.1, 0.15) is 53.5 Å². The van der Waals surface area contributed by atoms with Gasteiger partial charge in [0.15, 0.2) is 0 Å². The van der Waals surface area contributed by atoms with Crippen LogP contribution in [0.25, 0.3) is 0 Å². The van der Waals surface area contributed by atoms with Gasteiger partial charge < -0.3 is 10.0 Å². The van der Waals surface area contributed by atoms with Gasteiger partial charge in [-0.2, -0.15) is 0 Å². The third-order valence-corrected chi connectivity index (χ3v) is 5.18. The van der Waals surface area contributed by atoms with Crippen LogP contribution in [0.15, 0.2) is 30.3 Å². The maximum Gasteiger partial charge on any atom is 0.139 e. The predicted molar refractivity (Wildman–Crippen MR) is 88.4 cm³/mol. The molecule has 1 aliphatic rings. The van der Waals surface area contributed by atoms with Crippen LogP contribution in [0, 0.1) is 11.3 Å². The van der Waals surface area contributed by atoms with E-state index in [2.05, 4.69) is 53.7 Å². The van der Waals surface area contributed by atoms with Crippen molar-refractivity contribution in [1.82, 2.24) is 0 Å². The first-order valence-corrected chi connectivity index (χ1v) is 8.15. The standard InChI is InChI=1S/C19H31NO/c1-17(2,3)16-12-19(21,15-10-8-7-9-11-15)14-20(13-16)18(4,5)6/h7-11,16,21H,12-14H2,1-6H3/p+1/t16-,19+/m1/s1. The number of hydrogen-bond acceptors (Lipinski definition) is 1. The van der Waals surface area contributed by atoms with E-state index >= 15 is 0 Å². The van der Waals surface area contributed by atoms with Crippen LogP contribution in [0.4, 0.5) is 0 Å². The van der Waals surface area contributed by atoms with Crippen LogP contribution in [0.3, 0.4) is 0 Å². The zero-order chi connectivity index (χ0) is 15.9. The summed E-state index contributed by atoms with van der Waals surface area (Å²) in [5.41, 5.74) is 0.743. The Hall–Kier alpha value is -0.860. The van der Waals surface area contributed by atoms with Gasteiger partial charge in [-0.1, -0.05) is 51.1 Å². The van der Waals surface area contributed by atoms with Crippen molar-refractivity contribution in [1.29, 1.82) is 0 Å². The van der Waals surface area contributed by atoms with E-state index < -0.39 is 5.60 Å². The number of quaternary nitrogens is 1. The summed E-state index contributed by atoms with van der Waals surface area (Å²) in [6.45, 7) is 15.7. The highest BCUT2D eigenvalue weighted by Crippen LogP contribution is 2.38. The van der Waals surface area contributed by atoms with E-state index in [1.54, 1.807) is 0 Å². The number of likely N-dealkylation sites (tertiary alicyclic amines) is 1. The van der Waals surface area contributed by atoms with E-state index in [4.69, 9.17) is 0 Å². The topological polar surface area (TPSA) is 24.7 Å². The third kappa shape index (κ3) is 3.67. The first-order chi connectivity index (χ1) is 9.52. The lowest BCUT2D eigenvalue weighted by Crippen LogP contribution is -3.22. The van der Waals surface area contributed by atoms with E-state index in [1.807, 2.05) is 18.2 Å². The Morgan fingerprint density at radius 3 is 2.10 bits per heavy atom. The van der Waals surface area contributed by atoms with Gasteiger partial charge in [0, 0.05) is 5.92 Å². The molecule has 1 aliphatic heterocycles. The maximum absolute atomic E-state index is 11.4. The summed E-state index contributed by atoms with van der Waals surface area (Å²) in [6.07, 6.45) is 0.861. The second kappa shape index (κ2) is 5.40. The zero-order valence-electron chi connectivity index (χ0n) is 14.5. The normalized spacial score (nSPS) is 31.2. The molecule has 0 radical (unpaired) electrons. The number of nitrogens with one attached hydrogen (secondary N) is 1. The van der Waals surface area contributed by atoms with E-state index in [-0.39, 0.29) is 11.0 Å². The fourth-order valence-corrected chi connectivity index (χ4v) is 3.43. The zero-order valence-corrected chi connectivity index (χ0v) is 14.5. The van der Waals surface area contributed by atoms with Crippen molar-refractivity contribution >= 4 is 0 Å². The fraction of sp³-hybridized carbons (Fsp3) is 0.684. The van der Waals surface area contributed by atoms with Gasteiger partial charge in [-0.3, -0.25) is 0 Å². The molecule has 1 unspecified atom stereocenters. The van der Waals surface area contributed by atoms with Crippen molar-refractivity contribution < 1.29 is 10.0 Å². The molecule has 1 saturated heterocycles. The lowest BCUT2D eigenvalue weighted by molar-refractivity contribution is -0.963. The van der Waals surface area contributed by atoms with E-state index in [9.17, 15) is 5.11 Å². The molecule has 0 bridgehead atoms. The van der Waals surface area contributed by atoms with Gasteiger partial charge in [-0.15, -0.1) is 0 Å². The predicted octanol–water partition coefficient (Wildman–Crippen LogP) is 2.62. The molecule has 3 atom stereocenters. The van der Waals surface area contributed by atoms with Crippen molar-refractivity contribution in [3.63, 3.8) is 0 Å². The molecule has 2 N–H and O–H groups in total. The minimum Gasteiger partial charge on any atom is -0.379 e. The second-order valence-electron chi connectivity index (χ2n) is 8.90. The molecule has 1 heterocycles. The monoisotopic (exact) mass is 290 g/mol. The minimum absolute atomic E-state index is 0.159. The fourth-order valence-electron chi connectivity index (χ4n) is 3.43. The van der Waals surface area contributed by atoms with Crippen molar-refractivity contribution in [2.75, 3.05) is 13.1 Å². The van der Waals surface area contributed by atoms with Crippen molar-refractivity contribution in [2.24, 2.45) is 11.3 Å². The Balaban J connectivity index is 2.37. The molecule has 1 fully saturated rings. The summed E-state index contributed by atoms with van der Waals surface area (Å²) >= 11 is 0. The van der Waals surface area contributed by atoms with Crippen LogP contribution < -0.4 is 4.90 Å². The maximum atomic E-state index is 11.4. The number of piperidine rings is 1. The molecule has 1 aromatic rings. The van der Waals surface area contributed by atoms with Crippen molar-refractivity contribution in [2.45, 2.75) is 59.1 Å². The second-order valence-corrected chi connectivity index (χ2v) is 8.90. The largest absolute Gasteiger partial charge is 0.379 e. The molecule has 118 valence electrons. The summed E-state index contributed by atoms with van der Waals surface area (Å²) in [4.78, 5) is 1.50. The summed E-state index contributed by atoms with van der Waals surface area (Å²) in [6, 6.07) is 10.2. The molecule has 21 heavy (non-hydrogen) atoms. The lowest BCUT2D eigenvalue weighted by atomic mass is 9.69. The number of aliphatic hydroxyl groups is 1. The van der Waals surface area contributed by atoms with Crippen LogP contribution >= 0.6 is 0 Å². The first kappa shape index (κ1) is 16.5. The van der Waals surface area contributed by atoms with Gasteiger partial charge in [0.05, 0.1) is 12.1 Å². The number of rotatable bonds is 1. The van der Waals surface area contributed by atoms with Gasteiger partial charge in [-0.25, -0.2) is 0 Å². The molecule has 1 aromatic carbocycles. The summed E-state index contributed by atoms with van der Waals surface area (Å²) < 4.78 is 0. The molecular weight excluding hydrogens is 258 g/mol.